The smallest absolute Gasteiger partial charge is 0.240 e. The number of nitrogens with two attached hydrogens (primary N) is 1. The average molecular weight is 353 g/mol. The highest BCUT2D eigenvalue weighted by atomic mass is 79.9. The van der Waals surface area contributed by atoms with Crippen LogP contribution in [0.4, 0.5) is 4.39 Å². The molecule has 0 saturated heterocycles. The van der Waals surface area contributed by atoms with Crippen molar-refractivity contribution in [3.05, 3.63) is 28.5 Å². The van der Waals surface area contributed by atoms with E-state index in [0.717, 1.165) is 18.9 Å². The minimum atomic E-state index is -3.73. The highest BCUT2D eigenvalue weighted by Gasteiger charge is 2.20. The van der Waals surface area contributed by atoms with E-state index in [1.807, 2.05) is 6.92 Å². The number of benzene rings is 1. The minimum Gasteiger partial charge on any atom is -0.329 e. The number of hydrogen-bond acceptors (Lipinski definition) is 3. The van der Waals surface area contributed by atoms with Crippen molar-refractivity contribution in [2.24, 2.45) is 5.73 Å². The number of nitrogens with one attached hydrogen (secondary N) is 1. The lowest BCUT2D eigenvalue weighted by Gasteiger charge is -2.16. The zero-order valence-electron chi connectivity index (χ0n) is 10.7. The lowest BCUT2D eigenvalue weighted by Crippen LogP contribution is -2.40. The van der Waals surface area contributed by atoms with Crippen LogP contribution in [0, 0.1) is 5.82 Å². The van der Waals surface area contributed by atoms with Gasteiger partial charge in [-0.2, -0.15) is 0 Å². The van der Waals surface area contributed by atoms with Crippen molar-refractivity contribution in [1.82, 2.24) is 4.72 Å². The predicted molar refractivity (Wildman–Crippen MR) is 76.8 cm³/mol. The first-order chi connectivity index (χ1) is 8.90. The molecule has 108 valence electrons. The summed E-state index contributed by atoms with van der Waals surface area (Å²) in [6.07, 6.45) is 2.52. The van der Waals surface area contributed by atoms with Crippen LogP contribution in [0.2, 0.25) is 0 Å². The Morgan fingerprint density at radius 2 is 2.16 bits per heavy atom. The summed E-state index contributed by atoms with van der Waals surface area (Å²) in [7, 11) is -3.73. The summed E-state index contributed by atoms with van der Waals surface area (Å²) in [5.41, 5.74) is 5.54. The number of sulfonamides is 1. The Labute approximate surface area is 121 Å². The van der Waals surface area contributed by atoms with E-state index in [4.69, 9.17) is 5.73 Å². The average Bonchev–Trinajstić information content (AvgIpc) is 2.37. The van der Waals surface area contributed by atoms with E-state index in [-0.39, 0.29) is 22.0 Å². The van der Waals surface area contributed by atoms with Crippen molar-refractivity contribution in [2.45, 2.75) is 37.1 Å². The molecule has 0 saturated carbocycles. The maximum absolute atomic E-state index is 13.4. The van der Waals surface area contributed by atoms with E-state index in [2.05, 4.69) is 20.7 Å². The van der Waals surface area contributed by atoms with Crippen molar-refractivity contribution in [2.75, 3.05) is 6.54 Å². The van der Waals surface area contributed by atoms with Gasteiger partial charge in [-0.1, -0.05) is 19.8 Å². The van der Waals surface area contributed by atoms with Crippen molar-refractivity contribution in [3.63, 3.8) is 0 Å². The maximum atomic E-state index is 13.4. The van der Waals surface area contributed by atoms with Gasteiger partial charge in [-0.15, -0.1) is 0 Å². The van der Waals surface area contributed by atoms with Crippen LogP contribution >= 0.6 is 15.9 Å². The summed E-state index contributed by atoms with van der Waals surface area (Å²) in [5, 5.41) is 0. The number of unbranched alkanes of at least 4 members (excludes halogenated alkanes) is 1. The Morgan fingerprint density at radius 3 is 2.68 bits per heavy atom. The molecule has 0 bridgehead atoms. The molecule has 1 atom stereocenters. The molecule has 1 aromatic rings. The minimum absolute atomic E-state index is 0.0943. The molecule has 0 amide bonds. The summed E-state index contributed by atoms with van der Waals surface area (Å²) in [4.78, 5) is -0.0943. The molecule has 3 N–H and O–H groups in total. The van der Waals surface area contributed by atoms with Crippen LogP contribution in [0.3, 0.4) is 0 Å². The fraction of sp³-hybridized carbons (Fsp3) is 0.500. The summed E-state index contributed by atoms with van der Waals surface area (Å²) >= 11 is 2.98. The first kappa shape index (κ1) is 16.6. The lowest BCUT2D eigenvalue weighted by molar-refractivity contribution is 0.515. The Bertz CT molecular complexity index is 522. The van der Waals surface area contributed by atoms with Gasteiger partial charge in [-0.3, -0.25) is 0 Å². The van der Waals surface area contributed by atoms with Crippen LogP contribution in [-0.4, -0.2) is 21.0 Å². The second-order valence-electron chi connectivity index (χ2n) is 4.27. The topological polar surface area (TPSA) is 72.2 Å². The standard InChI is InChI=1S/C12H18BrFN2O2S/c1-2-3-4-9(8-15)16-19(17,18)10-5-6-11(13)12(14)7-10/h5-7,9,16H,2-4,8,15H2,1H3. The van der Waals surface area contributed by atoms with E-state index in [1.54, 1.807) is 0 Å². The Kier molecular flexibility index (Phi) is 6.38. The van der Waals surface area contributed by atoms with E-state index in [0.29, 0.717) is 6.42 Å². The third-order valence-corrected chi connectivity index (χ3v) is 4.88. The van der Waals surface area contributed by atoms with Gasteiger partial charge >= 0.3 is 0 Å². The summed E-state index contributed by atoms with van der Waals surface area (Å²) in [6.45, 7) is 2.24. The van der Waals surface area contributed by atoms with Gasteiger partial charge in [0.15, 0.2) is 0 Å². The second kappa shape index (κ2) is 7.33. The molecule has 0 spiro atoms. The molecular weight excluding hydrogens is 335 g/mol. The normalized spacial score (nSPS) is 13.5. The van der Waals surface area contributed by atoms with Gasteiger partial charge in [-0.05, 0) is 40.5 Å². The summed E-state index contributed by atoms with van der Waals surface area (Å²) < 4.78 is 40.3. The van der Waals surface area contributed by atoms with Crippen molar-refractivity contribution < 1.29 is 12.8 Å². The highest BCUT2D eigenvalue weighted by Crippen LogP contribution is 2.19. The number of hydrogen-bond donors (Lipinski definition) is 2. The van der Waals surface area contributed by atoms with Crippen LogP contribution in [0.1, 0.15) is 26.2 Å². The molecule has 1 rings (SSSR count). The van der Waals surface area contributed by atoms with Crippen LogP contribution in [-0.2, 0) is 10.0 Å². The highest BCUT2D eigenvalue weighted by molar-refractivity contribution is 9.10. The molecule has 0 aromatic heterocycles. The molecule has 19 heavy (non-hydrogen) atoms. The number of halogens is 2. The molecule has 1 aromatic carbocycles. The fourth-order valence-electron chi connectivity index (χ4n) is 1.61. The van der Waals surface area contributed by atoms with E-state index >= 15 is 0 Å². The SMILES string of the molecule is CCCCC(CN)NS(=O)(=O)c1ccc(Br)c(F)c1. The Balaban J connectivity index is 2.87. The Morgan fingerprint density at radius 1 is 1.47 bits per heavy atom. The zero-order valence-corrected chi connectivity index (χ0v) is 13.1. The fourth-order valence-corrected chi connectivity index (χ4v) is 3.15. The van der Waals surface area contributed by atoms with Crippen LogP contribution < -0.4 is 10.5 Å². The van der Waals surface area contributed by atoms with Gasteiger partial charge in [-0.25, -0.2) is 17.5 Å². The van der Waals surface area contributed by atoms with E-state index in [9.17, 15) is 12.8 Å². The molecule has 7 heteroatoms. The lowest BCUT2D eigenvalue weighted by atomic mass is 10.1. The first-order valence-corrected chi connectivity index (χ1v) is 8.35. The van der Waals surface area contributed by atoms with Crippen LogP contribution in [0.25, 0.3) is 0 Å². The van der Waals surface area contributed by atoms with Crippen LogP contribution in [0.15, 0.2) is 27.6 Å². The van der Waals surface area contributed by atoms with E-state index < -0.39 is 15.8 Å². The number of rotatable bonds is 7. The molecule has 4 nitrogen and oxygen atoms in total. The van der Waals surface area contributed by atoms with E-state index in [1.165, 1.54) is 12.1 Å². The third kappa shape index (κ3) is 4.83. The quantitative estimate of drug-likeness (QED) is 0.791. The molecule has 0 aliphatic carbocycles. The van der Waals surface area contributed by atoms with Crippen molar-refractivity contribution >= 4 is 26.0 Å². The maximum Gasteiger partial charge on any atom is 0.240 e. The monoisotopic (exact) mass is 352 g/mol. The van der Waals surface area contributed by atoms with Gasteiger partial charge in [0.1, 0.15) is 5.82 Å². The molecule has 0 heterocycles. The van der Waals surface area contributed by atoms with Crippen LogP contribution in [0.5, 0.6) is 0 Å². The van der Waals surface area contributed by atoms with Gasteiger partial charge in [0.2, 0.25) is 10.0 Å². The molecule has 0 radical (unpaired) electrons. The van der Waals surface area contributed by atoms with Crippen molar-refractivity contribution in [1.29, 1.82) is 0 Å². The third-order valence-electron chi connectivity index (χ3n) is 2.71. The molecule has 1 unspecified atom stereocenters. The Hall–Kier alpha value is -0.500. The van der Waals surface area contributed by atoms with Gasteiger partial charge in [0, 0.05) is 12.6 Å². The van der Waals surface area contributed by atoms with Gasteiger partial charge in [0.05, 0.1) is 9.37 Å². The second-order valence-corrected chi connectivity index (χ2v) is 6.84. The first-order valence-electron chi connectivity index (χ1n) is 6.08. The molecule has 0 aliphatic rings. The summed E-state index contributed by atoms with van der Waals surface area (Å²) in [5.74, 6) is -0.610. The predicted octanol–water partition coefficient (Wildman–Crippen LogP) is 2.38. The largest absolute Gasteiger partial charge is 0.329 e. The molecule has 0 fully saturated rings. The molecule has 0 aliphatic heterocycles. The summed E-state index contributed by atoms with van der Waals surface area (Å²) in [6, 6.07) is 3.38. The van der Waals surface area contributed by atoms with Gasteiger partial charge in [0.25, 0.3) is 0 Å². The molecular formula is C12H18BrFN2O2S. The van der Waals surface area contributed by atoms with Crippen molar-refractivity contribution in [3.8, 4) is 0 Å². The zero-order chi connectivity index (χ0) is 14.5. The van der Waals surface area contributed by atoms with Gasteiger partial charge < -0.3 is 5.73 Å².